The third kappa shape index (κ3) is 4.37. The second-order valence-electron chi connectivity index (χ2n) is 8.26. The molecular formula is C21H17FN6O5S2. The van der Waals surface area contributed by atoms with Crippen molar-refractivity contribution in [3.05, 3.63) is 59.3 Å². The maximum Gasteiger partial charge on any atom is 0.322 e. The number of carbonyl (C=O) groups is 2. The number of aromatic nitrogens is 4. The fraction of sp³-hybridized carbons (Fsp3) is 0.238. The van der Waals surface area contributed by atoms with Gasteiger partial charge in [-0.2, -0.15) is 4.39 Å². The van der Waals surface area contributed by atoms with Crippen LogP contribution < -0.4 is 10.6 Å². The lowest BCUT2D eigenvalue weighted by atomic mass is 9.98. The van der Waals surface area contributed by atoms with Gasteiger partial charge in [-0.3, -0.25) is 10.1 Å². The Morgan fingerprint density at radius 2 is 1.94 bits per heavy atom. The van der Waals surface area contributed by atoms with E-state index in [9.17, 15) is 22.4 Å². The first kappa shape index (κ1) is 23.0. The molecule has 11 nitrogen and oxygen atoms in total. The van der Waals surface area contributed by atoms with Crippen LogP contribution >= 0.6 is 11.3 Å². The van der Waals surface area contributed by atoms with Gasteiger partial charge < -0.3 is 9.73 Å². The number of pyridine rings is 1. The molecule has 180 valence electrons. The Bertz CT molecular complexity index is 1580. The molecule has 0 bridgehead atoms. The Kier molecular flexibility index (Phi) is 5.36. The Hall–Kier alpha value is -3.78. The Morgan fingerprint density at radius 1 is 1.17 bits per heavy atom. The number of nitrogens with zero attached hydrogens (tertiary/aromatic N) is 4. The van der Waals surface area contributed by atoms with Crippen molar-refractivity contribution in [3.8, 4) is 11.1 Å². The van der Waals surface area contributed by atoms with Gasteiger partial charge in [-0.25, -0.2) is 23.2 Å². The van der Waals surface area contributed by atoms with E-state index in [1.165, 1.54) is 19.2 Å². The van der Waals surface area contributed by atoms with E-state index in [-0.39, 0.29) is 23.2 Å². The normalized spacial score (nSPS) is 19.1. The fourth-order valence-corrected chi connectivity index (χ4v) is 6.23. The number of thiazole rings is 1. The number of rotatable bonds is 6. The van der Waals surface area contributed by atoms with Gasteiger partial charge in [0.1, 0.15) is 10.5 Å². The van der Waals surface area contributed by atoms with Crippen LogP contribution in [0.1, 0.15) is 29.0 Å². The van der Waals surface area contributed by atoms with Gasteiger partial charge in [0.25, 0.3) is 5.91 Å². The summed E-state index contributed by atoms with van der Waals surface area (Å²) in [6.45, 7) is 1.49. The highest BCUT2D eigenvalue weighted by molar-refractivity contribution is 7.91. The van der Waals surface area contributed by atoms with Crippen LogP contribution in [0.4, 0.5) is 9.18 Å². The predicted molar refractivity (Wildman–Crippen MR) is 123 cm³/mol. The molecule has 1 aliphatic heterocycles. The van der Waals surface area contributed by atoms with Crippen molar-refractivity contribution < 1.29 is 26.8 Å². The molecular weight excluding hydrogens is 499 g/mol. The number of fused-ring (bicyclic) bond motifs is 1. The molecule has 35 heavy (non-hydrogen) atoms. The summed E-state index contributed by atoms with van der Waals surface area (Å²) in [6, 6.07) is 7.53. The number of benzene rings is 1. The summed E-state index contributed by atoms with van der Waals surface area (Å²) in [5, 5.41) is 11.3. The highest BCUT2D eigenvalue weighted by Crippen LogP contribution is 2.36. The largest absolute Gasteiger partial charge is 0.423 e. The molecule has 2 atom stereocenters. The number of halogens is 1. The third-order valence-corrected chi connectivity index (χ3v) is 7.96. The lowest BCUT2D eigenvalue weighted by Crippen LogP contribution is -2.45. The zero-order chi connectivity index (χ0) is 25.0. The van der Waals surface area contributed by atoms with Crippen molar-refractivity contribution >= 4 is 43.3 Å². The quantitative estimate of drug-likeness (QED) is 0.289. The number of imide groups is 1. The molecule has 3 amide bonds. The summed E-state index contributed by atoms with van der Waals surface area (Å²) in [5.41, 5.74) is 0.723. The highest BCUT2D eigenvalue weighted by Gasteiger charge is 2.44. The molecule has 5 rings (SSSR count). The summed E-state index contributed by atoms with van der Waals surface area (Å²) in [4.78, 5) is 31.7. The van der Waals surface area contributed by atoms with Crippen LogP contribution in [-0.2, 0) is 21.1 Å². The molecule has 0 aliphatic carbocycles. The van der Waals surface area contributed by atoms with Crippen LogP contribution in [0.25, 0.3) is 21.3 Å². The first-order valence-electron chi connectivity index (χ1n) is 10.2. The van der Waals surface area contributed by atoms with Gasteiger partial charge in [0, 0.05) is 18.0 Å². The van der Waals surface area contributed by atoms with E-state index in [0.717, 1.165) is 23.2 Å². The Morgan fingerprint density at radius 3 is 2.60 bits per heavy atom. The molecule has 2 N–H and O–H groups in total. The lowest BCUT2D eigenvalue weighted by Gasteiger charge is -2.17. The van der Waals surface area contributed by atoms with Crippen molar-refractivity contribution in [2.24, 2.45) is 0 Å². The molecule has 0 radical (unpaired) electrons. The fourth-order valence-electron chi connectivity index (χ4n) is 3.70. The lowest BCUT2D eigenvalue weighted by molar-refractivity contribution is -0.123. The van der Waals surface area contributed by atoms with Gasteiger partial charge >= 0.3 is 6.03 Å². The molecule has 3 aromatic heterocycles. The minimum Gasteiger partial charge on any atom is -0.423 e. The molecule has 4 heterocycles. The van der Waals surface area contributed by atoms with Crippen molar-refractivity contribution in [3.63, 3.8) is 0 Å². The number of sulfone groups is 1. The summed E-state index contributed by atoms with van der Waals surface area (Å²) in [6.07, 6.45) is 2.32. The maximum absolute atomic E-state index is 13.2. The average molecular weight is 517 g/mol. The molecule has 1 aliphatic rings. The molecule has 1 aromatic carbocycles. The van der Waals surface area contributed by atoms with Gasteiger partial charge in [-0.05, 0) is 36.8 Å². The van der Waals surface area contributed by atoms with Crippen LogP contribution in [0.15, 0.2) is 40.9 Å². The smallest absolute Gasteiger partial charge is 0.322 e. The van der Waals surface area contributed by atoms with E-state index in [4.69, 9.17) is 4.42 Å². The van der Waals surface area contributed by atoms with E-state index in [1.54, 1.807) is 18.2 Å². The topological polar surface area (TPSA) is 157 Å². The molecule has 14 heteroatoms. The number of hydrogen-bond donors (Lipinski definition) is 2. The van der Waals surface area contributed by atoms with Crippen LogP contribution in [-0.4, -0.2) is 52.3 Å². The average Bonchev–Trinajstić information content (AvgIpc) is 3.45. The van der Waals surface area contributed by atoms with Gasteiger partial charge in [0.15, 0.2) is 15.1 Å². The monoisotopic (exact) mass is 516 g/mol. The maximum atomic E-state index is 13.2. The highest BCUT2D eigenvalue weighted by atomic mass is 32.2. The van der Waals surface area contributed by atoms with E-state index in [1.807, 2.05) is 6.07 Å². The zero-order valence-corrected chi connectivity index (χ0v) is 19.9. The van der Waals surface area contributed by atoms with E-state index >= 15 is 0 Å². The van der Waals surface area contributed by atoms with Crippen molar-refractivity contribution in [1.82, 2.24) is 30.8 Å². The van der Waals surface area contributed by atoms with Gasteiger partial charge in [-0.1, -0.05) is 6.07 Å². The number of amides is 3. The molecule has 2 unspecified atom stereocenters. The van der Waals surface area contributed by atoms with Crippen LogP contribution in [0.2, 0.25) is 0 Å². The number of carbonyl (C=O) groups excluding carboxylic acids is 2. The molecule has 0 saturated carbocycles. The number of nitrogens with one attached hydrogen (secondary N) is 2. The molecule has 0 spiro atoms. The first-order chi connectivity index (χ1) is 16.5. The molecule has 1 saturated heterocycles. The predicted octanol–water partition coefficient (Wildman–Crippen LogP) is 2.15. The Balaban J connectivity index is 1.49. The Labute approximate surface area is 201 Å². The third-order valence-electron chi connectivity index (χ3n) is 5.45. The van der Waals surface area contributed by atoms with Crippen LogP contribution in [0.5, 0.6) is 0 Å². The van der Waals surface area contributed by atoms with Crippen molar-refractivity contribution in [2.45, 2.75) is 24.1 Å². The summed E-state index contributed by atoms with van der Waals surface area (Å²) in [5.74, 6) is -1.35. The van der Waals surface area contributed by atoms with Crippen LogP contribution in [0.3, 0.4) is 0 Å². The van der Waals surface area contributed by atoms with Gasteiger partial charge in [0.05, 0.1) is 16.6 Å². The van der Waals surface area contributed by atoms with E-state index < -0.39 is 38.5 Å². The van der Waals surface area contributed by atoms with E-state index in [2.05, 4.69) is 30.8 Å². The molecule has 4 aromatic rings. The van der Waals surface area contributed by atoms with Crippen LogP contribution in [0, 0.1) is 5.95 Å². The standard InChI is InChI=1S/C21H17FN6O5S2/c1-21(19(29)25-20(30)26-21)8-15-27-28-17(33-15)16(35(2,31)32)18-24-12-5-3-10(7-13(12)34-18)11-4-6-14(22)23-9-11/h3-7,9,16H,8H2,1-2H3,(H2,25,26,29,30). The SMILES string of the molecule is CC1(Cc2nnc(C(c3nc4ccc(-c5ccc(F)nc5)cc4s3)S(C)(=O)=O)o2)NC(=O)NC1=O. The summed E-state index contributed by atoms with van der Waals surface area (Å²) in [7, 11) is -3.78. The van der Waals surface area contributed by atoms with Crippen molar-refractivity contribution in [2.75, 3.05) is 6.26 Å². The second-order valence-corrected chi connectivity index (χ2v) is 11.5. The summed E-state index contributed by atoms with van der Waals surface area (Å²) >= 11 is 1.15. The molecule has 1 fully saturated rings. The first-order valence-corrected chi connectivity index (χ1v) is 13.0. The van der Waals surface area contributed by atoms with E-state index in [0.29, 0.717) is 15.8 Å². The second kappa shape index (κ2) is 8.16. The van der Waals surface area contributed by atoms with Gasteiger partial charge in [0.2, 0.25) is 17.7 Å². The zero-order valence-electron chi connectivity index (χ0n) is 18.3. The van der Waals surface area contributed by atoms with Crippen molar-refractivity contribution in [1.29, 1.82) is 0 Å². The van der Waals surface area contributed by atoms with Gasteiger partial charge in [-0.15, -0.1) is 21.5 Å². The minimum atomic E-state index is -3.78. The number of urea groups is 1. The summed E-state index contributed by atoms with van der Waals surface area (Å²) < 4.78 is 44.9. The number of hydrogen-bond acceptors (Lipinski definition) is 10. The minimum absolute atomic E-state index is 0.0132.